The van der Waals surface area contributed by atoms with Crippen LogP contribution in [0.2, 0.25) is 0 Å². The van der Waals surface area contributed by atoms with E-state index in [9.17, 15) is 0 Å². The highest BCUT2D eigenvalue weighted by Gasteiger charge is 2.46. The van der Waals surface area contributed by atoms with Gasteiger partial charge in [-0.1, -0.05) is 31.2 Å². The third kappa shape index (κ3) is 6.61. The van der Waals surface area contributed by atoms with Crippen molar-refractivity contribution in [3.05, 3.63) is 77.6 Å². The summed E-state index contributed by atoms with van der Waals surface area (Å²) < 4.78 is 33.8. The molecule has 1 heterocycles. The van der Waals surface area contributed by atoms with E-state index >= 15 is 0 Å². The van der Waals surface area contributed by atoms with Crippen LogP contribution in [0.4, 0.5) is 0 Å². The topological polar surface area (TPSA) is 55.4 Å². The fraction of sp³-hybridized carbons (Fsp3) is 0.467. The fourth-order valence-corrected chi connectivity index (χ4v) is 5.30. The normalized spacial score (nSPS) is 22.5. The third-order valence-electron chi connectivity index (χ3n) is 7.10. The minimum Gasteiger partial charge on any atom is -0.494 e. The van der Waals surface area contributed by atoms with E-state index in [0.717, 1.165) is 47.8 Å². The van der Waals surface area contributed by atoms with E-state index in [1.807, 2.05) is 18.2 Å². The van der Waals surface area contributed by atoms with Crippen molar-refractivity contribution in [3.63, 3.8) is 0 Å². The molecule has 0 spiro atoms. The summed E-state index contributed by atoms with van der Waals surface area (Å²) in [6.45, 7) is 3.99. The summed E-state index contributed by atoms with van der Waals surface area (Å²) in [5.74, 6) is 4.31. The van der Waals surface area contributed by atoms with Crippen LogP contribution in [-0.4, -0.2) is 46.9 Å². The molecule has 0 bridgehead atoms. The Morgan fingerprint density at radius 2 is 1.70 bits per heavy atom. The smallest absolute Gasteiger partial charge is 0.188 e. The van der Waals surface area contributed by atoms with Crippen LogP contribution in [0.15, 0.2) is 66.5 Å². The maximum absolute atomic E-state index is 6.39. The first-order valence-electron chi connectivity index (χ1n) is 12.8. The molecule has 0 saturated carbocycles. The van der Waals surface area contributed by atoms with Crippen LogP contribution in [-0.2, 0) is 14.2 Å². The summed E-state index contributed by atoms with van der Waals surface area (Å²) in [6, 6.07) is 14.6. The highest BCUT2D eigenvalue weighted by atomic mass is 35.5. The Morgan fingerprint density at radius 3 is 2.41 bits per heavy atom. The summed E-state index contributed by atoms with van der Waals surface area (Å²) in [5.41, 5.74) is 2.18. The molecule has 0 N–H and O–H groups in total. The molecule has 2 aliphatic rings. The summed E-state index contributed by atoms with van der Waals surface area (Å²) in [6.07, 6.45) is 9.19. The van der Waals surface area contributed by atoms with E-state index in [1.54, 1.807) is 14.2 Å². The van der Waals surface area contributed by atoms with Crippen LogP contribution in [0.5, 0.6) is 17.2 Å². The molecule has 1 aliphatic heterocycles. The van der Waals surface area contributed by atoms with Gasteiger partial charge in [-0.15, -0.1) is 11.6 Å². The molecule has 0 fully saturated rings. The average Bonchev–Trinajstić information content (AvgIpc) is 2.94. The van der Waals surface area contributed by atoms with Gasteiger partial charge in [0.05, 0.1) is 13.2 Å². The molecule has 2 aromatic carbocycles. The van der Waals surface area contributed by atoms with E-state index in [1.165, 1.54) is 5.56 Å². The van der Waals surface area contributed by atoms with Crippen molar-refractivity contribution < 1.29 is 28.4 Å². The number of hydrogen-bond acceptors (Lipinski definition) is 6. The average molecular weight is 529 g/mol. The van der Waals surface area contributed by atoms with Crippen molar-refractivity contribution in [2.24, 2.45) is 11.3 Å². The number of fused-ring (bicyclic) bond motifs is 1. The van der Waals surface area contributed by atoms with Gasteiger partial charge in [-0.3, -0.25) is 0 Å². The van der Waals surface area contributed by atoms with Crippen molar-refractivity contribution in [3.8, 4) is 17.2 Å². The second kappa shape index (κ2) is 13.2. The molecule has 37 heavy (non-hydrogen) atoms. The summed E-state index contributed by atoms with van der Waals surface area (Å²) in [5, 5.41) is 0. The lowest BCUT2D eigenvalue weighted by Gasteiger charge is -2.47. The molecule has 1 unspecified atom stereocenters. The summed E-state index contributed by atoms with van der Waals surface area (Å²) in [7, 11) is 3.24. The number of benzene rings is 2. The number of methoxy groups -OCH3 is 2. The van der Waals surface area contributed by atoms with Gasteiger partial charge in [0.2, 0.25) is 0 Å². The van der Waals surface area contributed by atoms with Crippen molar-refractivity contribution in [2.45, 2.75) is 32.1 Å². The summed E-state index contributed by atoms with van der Waals surface area (Å²) >= 11 is 5.79. The Labute approximate surface area is 225 Å². The van der Waals surface area contributed by atoms with Gasteiger partial charge < -0.3 is 28.4 Å². The molecule has 1 aliphatic carbocycles. The van der Waals surface area contributed by atoms with Crippen LogP contribution in [0.25, 0.3) is 0 Å². The predicted molar refractivity (Wildman–Crippen MR) is 145 cm³/mol. The van der Waals surface area contributed by atoms with E-state index in [0.29, 0.717) is 19.1 Å². The molecule has 0 aromatic heterocycles. The first-order valence-corrected chi connectivity index (χ1v) is 13.3. The lowest BCUT2D eigenvalue weighted by Crippen LogP contribution is -2.42. The van der Waals surface area contributed by atoms with Crippen molar-refractivity contribution in [1.82, 2.24) is 0 Å². The van der Waals surface area contributed by atoms with E-state index in [2.05, 4.69) is 49.4 Å². The molecular weight excluding hydrogens is 492 g/mol. The zero-order valence-corrected chi connectivity index (χ0v) is 22.7. The van der Waals surface area contributed by atoms with Gasteiger partial charge in [0.25, 0.3) is 0 Å². The quantitative estimate of drug-likeness (QED) is 0.164. The fourth-order valence-electron chi connectivity index (χ4n) is 5.12. The standard InChI is InChI=1S/C30H37ClO6/c1-30(23-8-12-25(13-9-23)36-20-32-2)19-35-28-18-26(37-21-33-3)14-15-27(28)29(30)22-6-10-24(11-7-22)34-17-5-4-16-31/h6-8,10-15,18,23,29H,4-5,9,16-17,19-21H2,1-3H3/t23?,29-,30-/m1/s1. The Kier molecular flexibility index (Phi) is 9.78. The summed E-state index contributed by atoms with van der Waals surface area (Å²) in [4.78, 5) is 0. The monoisotopic (exact) mass is 528 g/mol. The van der Waals surface area contributed by atoms with Crippen LogP contribution >= 0.6 is 11.6 Å². The van der Waals surface area contributed by atoms with Gasteiger partial charge in [-0.2, -0.15) is 0 Å². The van der Waals surface area contributed by atoms with Gasteiger partial charge in [0, 0.05) is 43.1 Å². The highest BCUT2D eigenvalue weighted by Crippen LogP contribution is 2.54. The van der Waals surface area contributed by atoms with Crippen LogP contribution in [0.3, 0.4) is 0 Å². The van der Waals surface area contributed by atoms with Gasteiger partial charge in [0.15, 0.2) is 13.6 Å². The molecule has 0 radical (unpaired) electrons. The minimum absolute atomic E-state index is 0.113. The number of rotatable bonds is 13. The van der Waals surface area contributed by atoms with Gasteiger partial charge in [-0.05, 0) is 61.1 Å². The van der Waals surface area contributed by atoms with Gasteiger partial charge >= 0.3 is 0 Å². The molecule has 6 nitrogen and oxygen atoms in total. The van der Waals surface area contributed by atoms with Crippen molar-refractivity contribution in [2.75, 3.05) is 46.9 Å². The molecule has 2 aromatic rings. The highest BCUT2D eigenvalue weighted by molar-refractivity contribution is 6.17. The molecule has 4 rings (SSSR count). The number of unbranched alkanes of at least 4 members (excludes halogenated alkanes) is 1. The van der Waals surface area contributed by atoms with E-state index < -0.39 is 0 Å². The Hall–Kier alpha value is -2.67. The second-order valence-electron chi connectivity index (χ2n) is 9.65. The van der Waals surface area contributed by atoms with E-state index in [4.69, 9.17) is 40.0 Å². The molecule has 0 saturated heterocycles. The molecule has 200 valence electrons. The Morgan fingerprint density at radius 1 is 0.946 bits per heavy atom. The molecule has 0 amide bonds. The first-order chi connectivity index (χ1) is 18.1. The number of alkyl halides is 1. The van der Waals surface area contributed by atoms with Gasteiger partial charge in [0.1, 0.15) is 23.0 Å². The molecule has 7 heteroatoms. The second-order valence-corrected chi connectivity index (χ2v) is 10.0. The number of allylic oxidation sites excluding steroid dienone is 3. The molecular formula is C30H37ClO6. The largest absolute Gasteiger partial charge is 0.494 e. The Balaban J connectivity index is 1.62. The number of ether oxygens (including phenoxy) is 6. The number of hydrogen-bond donors (Lipinski definition) is 0. The maximum Gasteiger partial charge on any atom is 0.188 e. The number of halogens is 1. The van der Waals surface area contributed by atoms with Gasteiger partial charge in [-0.25, -0.2) is 0 Å². The minimum atomic E-state index is -0.190. The van der Waals surface area contributed by atoms with Crippen molar-refractivity contribution in [1.29, 1.82) is 0 Å². The molecule has 3 atom stereocenters. The predicted octanol–water partition coefficient (Wildman–Crippen LogP) is 6.68. The lowest BCUT2D eigenvalue weighted by atomic mass is 9.61. The zero-order chi connectivity index (χ0) is 26.1. The SMILES string of the molecule is COCOC1=CCC([C@@]2(C)COc3cc(OCOC)ccc3[C@H]2c2ccc(OCCCCCl)cc2)C=C1. The third-order valence-corrected chi connectivity index (χ3v) is 7.37. The lowest BCUT2D eigenvalue weighted by molar-refractivity contribution is 0.00815. The van der Waals surface area contributed by atoms with Crippen LogP contribution in [0, 0.1) is 11.3 Å². The van der Waals surface area contributed by atoms with Crippen LogP contribution in [0.1, 0.15) is 43.2 Å². The first kappa shape index (κ1) is 27.4. The maximum atomic E-state index is 6.39. The van der Waals surface area contributed by atoms with Crippen LogP contribution < -0.4 is 14.2 Å². The Bertz CT molecular complexity index is 1070. The van der Waals surface area contributed by atoms with Crippen molar-refractivity contribution >= 4 is 11.6 Å². The zero-order valence-electron chi connectivity index (χ0n) is 21.9. The van der Waals surface area contributed by atoms with E-state index in [-0.39, 0.29) is 30.8 Å².